The second-order valence-corrected chi connectivity index (χ2v) is 8.66. The Hall–Kier alpha value is -0.710. The van der Waals surface area contributed by atoms with Crippen molar-refractivity contribution in [3.05, 3.63) is 30.3 Å². The van der Waals surface area contributed by atoms with E-state index in [2.05, 4.69) is 29.6 Å². The van der Waals surface area contributed by atoms with Gasteiger partial charge in [0.2, 0.25) is 5.91 Å². The monoisotopic (exact) mass is 354 g/mol. The highest BCUT2D eigenvalue weighted by atomic mass is 35.5. The molecule has 3 nitrogen and oxygen atoms in total. The summed E-state index contributed by atoms with van der Waals surface area (Å²) in [5, 5.41) is 3.19. The number of carbonyl (C=O) groups is 1. The number of nitrogens with two attached hydrogens (primary N) is 1. The summed E-state index contributed by atoms with van der Waals surface area (Å²) >= 11 is 1.90. The molecule has 2 aliphatic carbocycles. The van der Waals surface area contributed by atoms with Crippen molar-refractivity contribution < 1.29 is 4.79 Å². The van der Waals surface area contributed by atoms with Gasteiger partial charge in [-0.15, -0.1) is 24.2 Å². The molecule has 0 radical (unpaired) electrons. The average molecular weight is 355 g/mol. The van der Waals surface area contributed by atoms with Crippen molar-refractivity contribution in [1.29, 1.82) is 0 Å². The predicted octanol–water partition coefficient (Wildman–Crippen LogP) is 3.76. The zero-order chi connectivity index (χ0) is 15.6. The van der Waals surface area contributed by atoms with Crippen LogP contribution in [0.25, 0.3) is 0 Å². The zero-order valence-electron chi connectivity index (χ0n) is 13.7. The highest BCUT2D eigenvalue weighted by molar-refractivity contribution is 8.01. The topological polar surface area (TPSA) is 55.1 Å². The Morgan fingerprint density at radius 2 is 1.96 bits per heavy atom. The van der Waals surface area contributed by atoms with Gasteiger partial charge < -0.3 is 11.1 Å². The van der Waals surface area contributed by atoms with E-state index in [-0.39, 0.29) is 34.5 Å². The van der Waals surface area contributed by atoms with Crippen LogP contribution in [-0.2, 0) is 4.79 Å². The van der Waals surface area contributed by atoms with E-state index >= 15 is 0 Å². The van der Waals surface area contributed by atoms with Crippen molar-refractivity contribution in [2.75, 3.05) is 6.54 Å². The molecular formula is C18H27ClN2OS. The Morgan fingerprint density at radius 1 is 1.26 bits per heavy atom. The molecule has 2 aliphatic rings. The van der Waals surface area contributed by atoms with Gasteiger partial charge >= 0.3 is 0 Å². The Labute approximate surface area is 149 Å². The lowest BCUT2D eigenvalue weighted by Crippen LogP contribution is -2.53. The number of rotatable bonds is 5. The number of thioether (sulfide) groups is 1. The van der Waals surface area contributed by atoms with Gasteiger partial charge in [0.05, 0.1) is 5.92 Å². The SMILES string of the molecule is CC1(N)CCCCC1C(=O)NCC1(Sc2ccccc2)CC1.Cl. The van der Waals surface area contributed by atoms with Crippen LogP contribution in [0.5, 0.6) is 0 Å². The van der Waals surface area contributed by atoms with Crippen molar-refractivity contribution in [3.8, 4) is 0 Å². The van der Waals surface area contributed by atoms with Crippen LogP contribution in [-0.4, -0.2) is 22.7 Å². The first-order chi connectivity index (χ1) is 10.5. The molecule has 5 heteroatoms. The summed E-state index contributed by atoms with van der Waals surface area (Å²) in [6, 6.07) is 10.5. The van der Waals surface area contributed by atoms with Crippen LogP contribution in [0.15, 0.2) is 35.2 Å². The summed E-state index contributed by atoms with van der Waals surface area (Å²) in [5.41, 5.74) is 5.99. The van der Waals surface area contributed by atoms with E-state index in [9.17, 15) is 4.79 Å². The summed E-state index contributed by atoms with van der Waals surface area (Å²) in [6.07, 6.45) is 6.50. The lowest BCUT2D eigenvalue weighted by atomic mass is 9.74. The fourth-order valence-electron chi connectivity index (χ4n) is 3.35. The van der Waals surface area contributed by atoms with Gasteiger partial charge in [-0.1, -0.05) is 31.0 Å². The lowest BCUT2D eigenvalue weighted by Gasteiger charge is -2.37. The normalized spacial score (nSPS) is 28.5. The van der Waals surface area contributed by atoms with Crippen molar-refractivity contribution in [1.82, 2.24) is 5.32 Å². The molecule has 23 heavy (non-hydrogen) atoms. The van der Waals surface area contributed by atoms with Gasteiger partial charge in [0.25, 0.3) is 0 Å². The summed E-state index contributed by atoms with van der Waals surface area (Å²) in [6.45, 7) is 2.79. The number of carbonyl (C=O) groups excluding carboxylic acids is 1. The first-order valence-electron chi connectivity index (χ1n) is 8.32. The largest absolute Gasteiger partial charge is 0.354 e. The molecule has 0 heterocycles. The van der Waals surface area contributed by atoms with Crippen molar-refractivity contribution in [2.24, 2.45) is 11.7 Å². The molecule has 2 unspecified atom stereocenters. The summed E-state index contributed by atoms with van der Waals surface area (Å²) in [7, 11) is 0. The maximum atomic E-state index is 12.5. The van der Waals surface area contributed by atoms with E-state index < -0.39 is 0 Å². The van der Waals surface area contributed by atoms with Crippen molar-refractivity contribution >= 4 is 30.1 Å². The summed E-state index contributed by atoms with van der Waals surface area (Å²) in [5.74, 6) is 0.128. The Kier molecular flexibility index (Phi) is 6.04. The van der Waals surface area contributed by atoms with Gasteiger partial charge in [0.15, 0.2) is 0 Å². The van der Waals surface area contributed by atoms with Crippen molar-refractivity contribution in [2.45, 2.75) is 60.6 Å². The van der Waals surface area contributed by atoms with Gasteiger partial charge in [-0.05, 0) is 44.7 Å². The summed E-state index contributed by atoms with van der Waals surface area (Å²) < 4.78 is 0.205. The van der Waals surface area contributed by atoms with Gasteiger partial charge in [-0.3, -0.25) is 4.79 Å². The first kappa shape index (κ1) is 18.6. The van der Waals surface area contributed by atoms with Crippen LogP contribution in [0.4, 0.5) is 0 Å². The maximum Gasteiger partial charge on any atom is 0.225 e. The molecule has 3 rings (SSSR count). The molecule has 2 fully saturated rings. The number of nitrogens with one attached hydrogen (secondary N) is 1. The molecule has 0 spiro atoms. The van der Waals surface area contributed by atoms with Gasteiger partial charge in [-0.2, -0.15) is 0 Å². The predicted molar refractivity (Wildman–Crippen MR) is 99.1 cm³/mol. The summed E-state index contributed by atoms with van der Waals surface area (Å²) in [4.78, 5) is 13.8. The Bertz CT molecular complexity index is 531. The quantitative estimate of drug-likeness (QED) is 0.846. The highest BCUT2D eigenvalue weighted by Gasteiger charge is 2.45. The zero-order valence-corrected chi connectivity index (χ0v) is 15.3. The number of hydrogen-bond donors (Lipinski definition) is 2. The third kappa shape index (κ3) is 4.65. The Balaban J connectivity index is 0.00000192. The van der Waals surface area contributed by atoms with Crippen LogP contribution in [0, 0.1) is 5.92 Å². The highest BCUT2D eigenvalue weighted by Crippen LogP contribution is 2.51. The standard InChI is InChI=1S/C18H26N2OS.ClH/c1-17(19)10-6-5-9-15(17)16(21)20-13-18(11-12-18)22-14-7-3-2-4-8-14;/h2-4,7-8,15H,5-6,9-13,19H2,1H3,(H,20,21);1H. The van der Waals surface area contributed by atoms with Crippen LogP contribution in [0.1, 0.15) is 45.4 Å². The minimum atomic E-state index is -0.342. The number of amides is 1. The molecule has 1 aromatic rings. The first-order valence-corrected chi connectivity index (χ1v) is 9.13. The van der Waals surface area contributed by atoms with Crippen molar-refractivity contribution in [3.63, 3.8) is 0 Å². The number of halogens is 1. The number of hydrogen-bond acceptors (Lipinski definition) is 3. The van der Waals surface area contributed by atoms with E-state index in [1.54, 1.807) is 0 Å². The van der Waals surface area contributed by atoms with Crippen LogP contribution in [0.2, 0.25) is 0 Å². The molecule has 0 saturated heterocycles. The molecule has 1 aromatic carbocycles. The minimum absolute atomic E-state index is 0. The Morgan fingerprint density at radius 3 is 2.57 bits per heavy atom. The fraction of sp³-hybridized carbons (Fsp3) is 0.611. The maximum absolute atomic E-state index is 12.5. The van der Waals surface area contributed by atoms with Crippen LogP contribution >= 0.6 is 24.2 Å². The average Bonchev–Trinajstić information content (AvgIpc) is 3.25. The second kappa shape index (κ2) is 7.45. The molecule has 128 valence electrons. The van der Waals surface area contributed by atoms with E-state index in [1.165, 1.54) is 17.7 Å². The molecule has 0 aliphatic heterocycles. The van der Waals surface area contributed by atoms with E-state index in [4.69, 9.17) is 5.73 Å². The molecule has 2 atom stereocenters. The molecule has 0 aromatic heterocycles. The van der Waals surface area contributed by atoms with E-state index in [0.717, 1.165) is 32.2 Å². The smallest absolute Gasteiger partial charge is 0.225 e. The van der Waals surface area contributed by atoms with Crippen LogP contribution < -0.4 is 11.1 Å². The number of benzene rings is 1. The minimum Gasteiger partial charge on any atom is -0.354 e. The third-order valence-electron chi connectivity index (χ3n) is 5.04. The molecule has 3 N–H and O–H groups in total. The van der Waals surface area contributed by atoms with E-state index in [1.807, 2.05) is 24.8 Å². The molecule has 1 amide bonds. The molecule has 2 saturated carbocycles. The van der Waals surface area contributed by atoms with E-state index in [0.29, 0.717) is 0 Å². The van der Waals surface area contributed by atoms with Gasteiger partial charge in [0, 0.05) is 21.7 Å². The lowest BCUT2D eigenvalue weighted by molar-refractivity contribution is -0.128. The fourth-order valence-corrected chi connectivity index (χ4v) is 4.60. The second-order valence-electron chi connectivity index (χ2n) is 7.12. The molecule has 0 bridgehead atoms. The van der Waals surface area contributed by atoms with Crippen LogP contribution in [0.3, 0.4) is 0 Å². The molecular weight excluding hydrogens is 328 g/mol. The third-order valence-corrected chi connectivity index (χ3v) is 6.53. The van der Waals surface area contributed by atoms with Gasteiger partial charge in [-0.25, -0.2) is 0 Å². The van der Waals surface area contributed by atoms with Gasteiger partial charge in [0.1, 0.15) is 0 Å².